The maximum absolute atomic E-state index is 11.3. The maximum atomic E-state index is 11.3. The molecule has 1 amide bonds. The third kappa shape index (κ3) is 7.16. The van der Waals surface area contributed by atoms with Crippen LogP contribution in [0.25, 0.3) is 0 Å². The van der Waals surface area contributed by atoms with Crippen LogP contribution in [0.5, 0.6) is 0 Å². The molecule has 0 aromatic carbocycles. The van der Waals surface area contributed by atoms with Crippen LogP contribution in [-0.4, -0.2) is 49.0 Å². The zero-order chi connectivity index (χ0) is 11.7. The minimum atomic E-state index is -0.454. The number of hydrogen-bond acceptors (Lipinski definition) is 4. The van der Waals surface area contributed by atoms with E-state index in [0.29, 0.717) is 19.6 Å². The number of halogens is 1. The van der Waals surface area contributed by atoms with Gasteiger partial charge >= 0.3 is 6.09 Å². The fourth-order valence-electron chi connectivity index (χ4n) is 0.970. The molecule has 88 valence electrons. The lowest BCUT2D eigenvalue weighted by Gasteiger charge is -2.17. The molecule has 0 saturated heterocycles. The van der Waals surface area contributed by atoms with Gasteiger partial charge in [0.05, 0.1) is 6.54 Å². The SMILES string of the molecule is CCN(CC)C(=O)OCCNCC(=O)Cl. The molecule has 0 aromatic rings. The molecule has 0 heterocycles. The normalized spacial score (nSPS) is 9.80. The van der Waals surface area contributed by atoms with E-state index in [0.717, 1.165) is 0 Å². The zero-order valence-corrected chi connectivity index (χ0v) is 9.84. The van der Waals surface area contributed by atoms with Crippen LogP contribution in [0.15, 0.2) is 0 Å². The summed E-state index contributed by atoms with van der Waals surface area (Å²) in [5.74, 6) is 0. The van der Waals surface area contributed by atoms with Gasteiger partial charge in [-0.3, -0.25) is 4.79 Å². The van der Waals surface area contributed by atoms with E-state index >= 15 is 0 Å². The Bertz CT molecular complexity index is 208. The van der Waals surface area contributed by atoms with Gasteiger partial charge in [0, 0.05) is 19.6 Å². The summed E-state index contributed by atoms with van der Waals surface area (Å²) < 4.78 is 4.94. The van der Waals surface area contributed by atoms with Crippen LogP contribution in [0.4, 0.5) is 4.79 Å². The summed E-state index contributed by atoms with van der Waals surface area (Å²) in [7, 11) is 0. The molecule has 0 bridgehead atoms. The van der Waals surface area contributed by atoms with Crippen LogP contribution < -0.4 is 5.32 Å². The Balaban J connectivity index is 3.50. The number of ether oxygens (including phenoxy) is 1. The highest BCUT2D eigenvalue weighted by molar-refractivity contribution is 6.64. The van der Waals surface area contributed by atoms with Gasteiger partial charge in [-0.25, -0.2) is 4.79 Å². The molecule has 0 atom stereocenters. The minimum absolute atomic E-state index is 0.0877. The summed E-state index contributed by atoms with van der Waals surface area (Å²) in [5.41, 5.74) is 0. The number of nitrogens with zero attached hydrogens (tertiary/aromatic N) is 1. The topological polar surface area (TPSA) is 58.6 Å². The number of rotatable bonds is 7. The largest absolute Gasteiger partial charge is 0.448 e. The second-order valence-electron chi connectivity index (χ2n) is 2.82. The summed E-state index contributed by atoms with van der Waals surface area (Å²) in [5, 5.41) is 2.28. The molecule has 15 heavy (non-hydrogen) atoms. The Morgan fingerprint density at radius 3 is 2.40 bits per heavy atom. The molecule has 0 saturated carbocycles. The summed E-state index contributed by atoms with van der Waals surface area (Å²) >= 11 is 5.10. The van der Waals surface area contributed by atoms with E-state index in [1.807, 2.05) is 13.8 Å². The van der Waals surface area contributed by atoms with Gasteiger partial charge in [0.15, 0.2) is 0 Å². The van der Waals surface area contributed by atoms with E-state index in [1.54, 1.807) is 4.90 Å². The lowest BCUT2D eigenvalue weighted by Crippen LogP contribution is -2.33. The fourth-order valence-corrected chi connectivity index (χ4v) is 1.06. The highest BCUT2D eigenvalue weighted by Gasteiger charge is 2.09. The van der Waals surface area contributed by atoms with E-state index < -0.39 is 5.24 Å². The van der Waals surface area contributed by atoms with Gasteiger partial charge in [-0.15, -0.1) is 0 Å². The van der Waals surface area contributed by atoms with Crippen LogP contribution in [0.3, 0.4) is 0 Å². The third-order valence-electron chi connectivity index (χ3n) is 1.79. The van der Waals surface area contributed by atoms with E-state index in [9.17, 15) is 9.59 Å². The second kappa shape index (κ2) is 8.49. The lowest BCUT2D eigenvalue weighted by molar-refractivity contribution is -0.110. The summed E-state index contributed by atoms with van der Waals surface area (Å²) in [6, 6.07) is 0. The lowest BCUT2D eigenvalue weighted by atomic mass is 10.5. The van der Waals surface area contributed by atoms with Crippen molar-refractivity contribution >= 4 is 22.9 Å². The van der Waals surface area contributed by atoms with Crippen LogP contribution in [0, 0.1) is 0 Å². The molecule has 0 rings (SSSR count). The first kappa shape index (κ1) is 14.2. The third-order valence-corrected chi connectivity index (χ3v) is 1.92. The first-order valence-corrected chi connectivity index (χ1v) is 5.30. The van der Waals surface area contributed by atoms with E-state index in [1.165, 1.54) is 0 Å². The molecule has 0 fully saturated rings. The zero-order valence-electron chi connectivity index (χ0n) is 9.09. The van der Waals surface area contributed by atoms with Crippen molar-refractivity contribution in [3.63, 3.8) is 0 Å². The van der Waals surface area contributed by atoms with E-state index in [2.05, 4.69) is 5.32 Å². The van der Waals surface area contributed by atoms with Crippen molar-refractivity contribution < 1.29 is 14.3 Å². The number of amides is 1. The van der Waals surface area contributed by atoms with Gasteiger partial charge in [0.2, 0.25) is 5.24 Å². The first-order chi connectivity index (χ1) is 7.11. The van der Waals surface area contributed by atoms with Crippen molar-refractivity contribution in [2.45, 2.75) is 13.8 Å². The van der Waals surface area contributed by atoms with Crippen molar-refractivity contribution in [2.24, 2.45) is 0 Å². The molecule has 1 N–H and O–H groups in total. The van der Waals surface area contributed by atoms with E-state index in [-0.39, 0.29) is 19.2 Å². The molecular weight excluding hydrogens is 220 g/mol. The van der Waals surface area contributed by atoms with Crippen LogP contribution in [0.2, 0.25) is 0 Å². The van der Waals surface area contributed by atoms with Crippen molar-refractivity contribution in [2.75, 3.05) is 32.8 Å². The minimum Gasteiger partial charge on any atom is -0.448 e. The van der Waals surface area contributed by atoms with Gasteiger partial charge in [-0.1, -0.05) is 0 Å². The number of carbonyl (C=O) groups excluding carboxylic acids is 2. The number of nitrogens with one attached hydrogen (secondary N) is 1. The van der Waals surface area contributed by atoms with E-state index in [4.69, 9.17) is 16.3 Å². The Morgan fingerprint density at radius 1 is 1.33 bits per heavy atom. The standard InChI is InChI=1S/C9H17ClN2O3/c1-3-12(4-2)9(14)15-6-5-11-7-8(10)13/h11H,3-7H2,1-2H3. The number of carbonyl (C=O) groups is 2. The monoisotopic (exact) mass is 236 g/mol. The van der Waals surface area contributed by atoms with Crippen LogP contribution in [-0.2, 0) is 9.53 Å². The second-order valence-corrected chi connectivity index (χ2v) is 3.24. The predicted molar refractivity (Wildman–Crippen MR) is 58.0 cm³/mol. The smallest absolute Gasteiger partial charge is 0.409 e. The molecule has 5 nitrogen and oxygen atoms in total. The van der Waals surface area contributed by atoms with Crippen molar-refractivity contribution in [1.82, 2.24) is 10.2 Å². The number of hydrogen-bond donors (Lipinski definition) is 1. The highest BCUT2D eigenvalue weighted by atomic mass is 35.5. The Morgan fingerprint density at radius 2 is 1.93 bits per heavy atom. The quantitative estimate of drug-likeness (QED) is 0.525. The van der Waals surface area contributed by atoms with Crippen molar-refractivity contribution in [1.29, 1.82) is 0 Å². The summed E-state index contributed by atoms with van der Waals surface area (Å²) in [4.78, 5) is 23.2. The average Bonchev–Trinajstić information content (AvgIpc) is 2.18. The maximum Gasteiger partial charge on any atom is 0.409 e. The Hall–Kier alpha value is -0.810. The van der Waals surface area contributed by atoms with Crippen LogP contribution >= 0.6 is 11.6 Å². The molecule has 0 aliphatic heterocycles. The fraction of sp³-hybridized carbons (Fsp3) is 0.778. The molecule has 6 heteroatoms. The van der Waals surface area contributed by atoms with Gasteiger partial charge in [0.1, 0.15) is 6.61 Å². The molecular formula is C9H17ClN2O3. The molecule has 0 radical (unpaired) electrons. The average molecular weight is 237 g/mol. The van der Waals surface area contributed by atoms with Gasteiger partial charge in [0.25, 0.3) is 0 Å². The Kier molecular flexibility index (Phi) is 8.04. The van der Waals surface area contributed by atoms with Gasteiger partial charge < -0.3 is 15.0 Å². The molecule has 0 spiro atoms. The van der Waals surface area contributed by atoms with Gasteiger partial charge in [-0.05, 0) is 25.4 Å². The predicted octanol–water partition coefficient (Wildman–Crippen LogP) is 0.820. The Labute approximate surface area is 94.7 Å². The first-order valence-electron chi connectivity index (χ1n) is 4.92. The summed E-state index contributed by atoms with van der Waals surface area (Å²) in [6.45, 7) is 5.77. The van der Waals surface area contributed by atoms with Crippen molar-refractivity contribution in [3.8, 4) is 0 Å². The molecule has 0 aliphatic rings. The van der Waals surface area contributed by atoms with Gasteiger partial charge in [-0.2, -0.15) is 0 Å². The summed E-state index contributed by atoms with van der Waals surface area (Å²) in [6.07, 6.45) is -0.334. The molecule has 0 aliphatic carbocycles. The molecule has 0 unspecified atom stereocenters. The molecule has 0 aromatic heterocycles. The highest BCUT2D eigenvalue weighted by Crippen LogP contribution is 1.92. The van der Waals surface area contributed by atoms with Crippen LogP contribution in [0.1, 0.15) is 13.8 Å². The van der Waals surface area contributed by atoms with Crippen molar-refractivity contribution in [3.05, 3.63) is 0 Å².